The molecule has 2 atom stereocenters. The number of nitrogens with zero attached hydrogens (tertiary/aromatic N) is 3. The first kappa shape index (κ1) is 37.9. The number of thioether (sulfide) groups is 2. The predicted molar refractivity (Wildman–Crippen MR) is 204 cm³/mol. The molecule has 0 unspecified atom stereocenters. The first-order valence-electron chi connectivity index (χ1n) is 16.3. The van der Waals surface area contributed by atoms with Crippen molar-refractivity contribution < 1.29 is 21.6 Å². The van der Waals surface area contributed by atoms with Crippen LogP contribution in [0.2, 0.25) is 0 Å². The van der Waals surface area contributed by atoms with E-state index in [0.717, 1.165) is 22.5 Å². The number of aromatic nitrogens is 1. The van der Waals surface area contributed by atoms with Crippen molar-refractivity contribution >= 4 is 43.6 Å². The lowest BCUT2D eigenvalue weighted by molar-refractivity contribution is 0.342. The summed E-state index contributed by atoms with van der Waals surface area (Å²) in [6, 6.07) is 24.3. The van der Waals surface area contributed by atoms with Crippen LogP contribution in [0.5, 0.6) is 5.75 Å². The van der Waals surface area contributed by atoms with Crippen LogP contribution in [0.3, 0.4) is 0 Å². The van der Waals surface area contributed by atoms with Crippen molar-refractivity contribution in [1.29, 1.82) is 0 Å². The van der Waals surface area contributed by atoms with Crippen LogP contribution in [0.4, 0.5) is 0 Å². The highest BCUT2D eigenvalue weighted by atomic mass is 32.2. The Kier molecular flexibility index (Phi) is 12.7. The second-order valence-electron chi connectivity index (χ2n) is 12.6. The molecule has 1 aliphatic heterocycles. The number of aryl methyl sites for hydroxylation is 2. The predicted octanol–water partition coefficient (Wildman–Crippen LogP) is 7.05. The number of rotatable bonds is 6. The summed E-state index contributed by atoms with van der Waals surface area (Å²) in [5.74, 6) is 5.25. The Morgan fingerprint density at radius 3 is 1.60 bits per heavy atom. The minimum absolute atomic E-state index is 0.00786. The van der Waals surface area contributed by atoms with Crippen LogP contribution in [0.1, 0.15) is 47.5 Å². The van der Waals surface area contributed by atoms with Gasteiger partial charge < -0.3 is 4.74 Å². The van der Waals surface area contributed by atoms with Gasteiger partial charge in [0.2, 0.25) is 20.0 Å². The fourth-order valence-electron chi connectivity index (χ4n) is 5.65. The molecule has 0 aliphatic carbocycles. The molecule has 1 aromatic heterocycles. The van der Waals surface area contributed by atoms with E-state index >= 15 is 0 Å². The van der Waals surface area contributed by atoms with E-state index in [1.807, 2.05) is 52.0 Å². The molecule has 8 nitrogen and oxygen atoms in total. The largest absolute Gasteiger partial charge is 0.481 e. The van der Waals surface area contributed by atoms with Gasteiger partial charge in [0.15, 0.2) is 0 Å². The summed E-state index contributed by atoms with van der Waals surface area (Å²) in [5, 5.41) is 0. The SMILES string of the molecule is C#CCOc1cc2cc(c1)CN(S(=O)(=O)c1ccc(C)cc1)[C@H](C)CSCc1cccc(n1)CSC[C@@H](C)N(S(=O)(=O)c1ccc(C)cc1)C2. The van der Waals surface area contributed by atoms with Gasteiger partial charge in [0, 0.05) is 48.2 Å². The van der Waals surface area contributed by atoms with E-state index < -0.39 is 20.0 Å². The molecule has 5 rings (SSSR count). The zero-order valence-corrected chi connectivity index (χ0v) is 32.0. The summed E-state index contributed by atoms with van der Waals surface area (Å²) in [6.07, 6.45) is 5.53. The Hall–Kier alpha value is -3.31. The van der Waals surface area contributed by atoms with Gasteiger partial charge in [-0.3, -0.25) is 4.98 Å². The number of hydrogen-bond acceptors (Lipinski definition) is 8. The number of fused-ring (bicyclic) bond motifs is 4. The number of terminal acetylenes is 1. The quantitative estimate of drug-likeness (QED) is 0.194. The second-order valence-corrected chi connectivity index (χ2v) is 18.4. The molecule has 0 saturated carbocycles. The van der Waals surface area contributed by atoms with Crippen LogP contribution in [-0.4, -0.2) is 60.6 Å². The minimum Gasteiger partial charge on any atom is -0.481 e. The summed E-state index contributed by atoms with van der Waals surface area (Å²) < 4.78 is 66.1. The van der Waals surface area contributed by atoms with Crippen molar-refractivity contribution in [3.8, 4) is 18.1 Å². The molecular weight excluding hydrogens is 707 g/mol. The van der Waals surface area contributed by atoms with Gasteiger partial charge in [0.25, 0.3) is 0 Å². The molecule has 0 spiro atoms. The minimum atomic E-state index is -3.93. The summed E-state index contributed by atoms with van der Waals surface area (Å²) in [5.41, 5.74) is 5.06. The lowest BCUT2D eigenvalue weighted by atomic mass is 10.1. The second kappa shape index (κ2) is 16.8. The highest BCUT2D eigenvalue weighted by Crippen LogP contribution is 2.30. The number of benzene rings is 3. The molecule has 0 N–H and O–H groups in total. The van der Waals surface area contributed by atoms with Crippen molar-refractivity contribution in [2.75, 3.05) is 18.1 Å². The lowest BCUT2D eigenvalue weighted by Crippen LogP contribution is -2.40. The number of pyridine rings is 1. The van der Waals surface area contributed by atoms with Crippen molar-refractivity contribution in [1.82, 2.24) is 13.6 Å². The molecule has 2 heterocycles. The highest BCUT2D eigenvalue weighted by molar-refractivity contribution is 7.98. The first-order chi connectivity index (χ1) is 23.9. The summed E-state index contributed by atoms with van der Waals surface area (Å²) in [4.78, 5) is 5.27. The Bertz CT molecular complexity index is 1900. The summed E-state index contributed by atoms with van der Waals surface area (Å²) >= 11 is 3.28. The van der Waals surface area contributed by atoms with Crippen LogP contribution in [0.15, 0.2) is 94.7 Å². The molecule has 0 fully saturated rings. The standard InChI is InChI=1S/C38H43N3O5S4/c1-6-18-46-36-20-32-19-33(21-36)23-41(50(44,45)38-16-12-29(3)13-17-38)31(5)25-48-27-35-9-7-8-34(39-35)26-47-24-30(4)40(22-32)49(42,43)37-14-10-28(2)11-15-37/h1,7-17,19-21,30-31H,18,22-27H2,2-5H3/t30-,31-/m1/s1. The van der Waals surface area contributed by atoms with Gasteiger partial charge in [0.05, 0.1) is 21.2 Å². The van der Waals surface area contributed by atoms with Gasteiger partial charge in [0.1, 0.15) is 12.4 Å². The smallest absolute Gasteiger partial charge is 0.243 e. The van der Waals surface area contributed by atoms with Crippen molar-refractivity contribution in [3.63, 3.8) is 0 Å². The molecule has 264 valence electrons. The van der Waals surface area contributed by atoms with Crippen molar-refractivity contribution in [2.24, 2.45) is 0 Å². The maximum atomic E-state index is 14.3. The van der Waals surface area contributed by atoms with Crippen LogP contribution < -0.4 is 4.74 Å². The molecule has 3 aromatic carbocycles. The highest BCUT2D eigenvalue weighted by Gasteiger charge is 2.32. The average molecular weight is 750 g/mol. The van der Waals surface area contributed by atoms with Gasteiger partial charge in [-0.1, -0.05) is 53.4 Å². The van der Waals surface area contributed by atoms with Gasteiger partial charge >= 0.3 is 0 Å². The van der Waals surface area contributed by atoms with Crippen LogP contribution in [0, 0.1) is 26.2 Å². The molecule has 0 radical (unpaired) electrons. The van der Waals surface area contributed by atoms with E-state index in [2.05, 4.69) is 5.92 Å². The normalized spacial score (nSPS) is 18.8. The fourth-order valence-corrected chi connectivity index (χ4v) is 11.1. The molecule has 50 heavy (non-hydrogen) atoms. The average Bonchev–Trinajstić information content (AvgIpc) is 3.08. The third-order valence-corrected chi connectivity index (χ3v) is 14.7. The molecule has 4 bridgehead atoms. The maximum Gasteiger partial charge on any atom is 0.243 e. The van der Waals surface area contributed by atoms with Crippen LogP contribution in [-0.2, 0) is 44.6 Å². The van der Waals surface area contributed by atoms with Gasteiger partial charge in [-0.2, -0.15) is 32.1 Å². The van der Waals surface area contributed by atoms with E-state index in [1.165, 1.54) is 8.61 Å². The lowest BCUT2D eigenvalue weighted by Gasteiger charge is -2.30. The molecule has 4 aromatic rings. The number of ether oxygens (including phenoxy) is 1. The van der Waals surface area contributed by atoms with Crippen LogP contribution in [0.25, 0.3) is 0 Å². The number of sulfonamides is 2. The Morgan fingerprint density at radius 1 is 0.740 bits per heavy atom. The Labute approximate surface area is 306 Å². The molecular formula is C38H43N3O5S4. The van der Waals surface area contributed by atoms with Crippen LogP contribution >= 0.6 is 23.5 Å². The third-order valence-electron chi connectivity index (χ3n) is 8.35. The Balaban J connectivity index is 1.61. The van der Waals surface area contributed by atoms with Gasteiger partial charge in [-0.15, -0.1) is 6.42 Å². The van der Waals surface area contributed by atoms with E-state index in [9.17, 15) is 16.8 Å². The van der Waals surface area contributed by atoms with Gasteiger partial charge in [-0.05, 0) is 87.4 Å². The molecule has 12 heteroatoms. The monoisotopic (exact) mass is 749 g/mol. The third kappa shape index (κ3) is 9.51. The van der Waals surface area contributed by atoms with Crippen molar-refractivity contribution in [2.45, 2.75) is 74.2 Å². The van der Waals surface area contributed by atoms with E-state index in [1.54, 1.807) is 84.2 Å². The fraction of sp³-hybridized carbons (Fsp3) is 0.342. The van der Waals surface area contributed by atoms with E-state index in [4.69, 9.17) is 16.1 Å². The number of hydrogen-bond donors (Lipinski definition) is 0. The summed E-state index contributed by atoms with van der Waals surface area (Å²) in [7, 11) is -7.86. The molecule has 1 aliphatic rings. The first-order valence-corrected chi connectivity index (χ1v) is 21.5. The van der Waals surface area contributed by atoms with E-state index in [0.29, 0.717) is 39.9 Å². The van der Waals surface area contributed by atoms with Crippen molar-refractivity contribution in [3.05, 3.63) is 119 Å². The van der Waals surface area contributed by atoms with Gasteiger partial charge in [-0.25, -0.2) is 16.8 Å². The Morgan fingerprint density at radius 2 is 1.18 bits per heavy atom. The maximum absolute atomic E-state index is 14.3. The molecule has 0 saturated heterocycles. The topological polar surface area (TPSA) is 96.9 Å². The zero-order chi connectivity index (χ0) is 35.9. The zero-order valence-electron chi connectivity index (χ0n) is 28.8. The summed E-state index contributed by atoms with van der Waals surface area (Å²) in [6.45, 7) is 7.75. The molecule has 0 amide bonds. The van der Waals surface area contributed by atoms with E-state index in [-0.39, 0.29) is 41.6 Å².